The zero-order valence-corrected chi connectivity index (χ0v) is 17.8. The normalized spacial score (nSPS) is 21.5. The van der Waals surface area contributed by atoms with Crippen LogP contribution in [0.5, 0.6) is 0 Å². The number of nitrogens with two attached hydrogens (primary N) is 1. The number of para-hydroxylation sites is 1. The van der Waals surface area contributed by atoms with Gasteiger partial charge in [0, 0.05) is 24.0 Å². The monoisotopic (exact) mass is 460 g/mol. The number of anilines is 1. The number of nitrogens with zero attached hydrogens (tertiary/aromatic N) is 5. The summed E-state index contributed by atoms with van der Waals surface area (Å²) < 4.78 is 13.8. The Hall–Kier alpha value is -3.39. The van der Waals surface area contributed by atoms with Gasteiger partial charge in [-0.1, -0.05) is 25.1 Å². The second kappa shape index (κ2) is 9.23. The van der Waals surface area contributed by atoms with Gasteiger partial charge in [0.25, 0.3) is 11.2 Å². The summed E-state index contributed by atoms with van der Waals surface area (Å²) in [5.74, 6) is -0.408. The Balaban J connectivity index is 1.51. The second-order valence-electron chi connectivity index (χ2n) is 7.86. The topological polar surface area (TPSA) is 181 Å². The number of aliphatic hydroxyl groups excluding tert-OH is 2. The smallest absolute Gasteiger partial charge is 0.285 e. The number of benzene rings is 1. The highest BCUT2D eigenvalue weighted by molar-refractivity contribution is 5.71. The third kappa shape index (κ3) is 4.30. The summed E-state index contributed by atoms with van der Waals surface area (Å²) in [7, 11) is 0. The predicted octanol–water partition coefficient (Wildman–Crippen LogP) is 0.502. The Labute approximate surface area is 187 Å². The standard InChI is InChI=1S/C20H24N6O7/c1-11(12-4-2-3-5-13(12)26(30)31)8-32-10-25-19(29)17-18(23-20(25)21)24(9-22-17)16-6-14(28)15(7-27)33-16/h2-5,9,11,14-16,27-28H,6-8,10H2,1H3,(H2,21,23)/t11?,14-,15-,16-/m1/s1. The van der Waals surface area contributed by atoms with Gasteiger partial charge in [0.2, 0.25) is 5.95 Å². The van der Waals surface area contributed by atoms with Crippen molar-refractivity contribution in [3.8, 4) is 0 Å². The molecule has 0 aliphatic carbocycles. The predicted molar refractivity (Wildman–Crippen MR) is 115 cm³/mol. The van der Waals surface area contributed by atoms with E-state index in [0.717, 1.165) is 4.57 Å². The third-order valence-corrected chi connectivity index (χ3v) is 5.66. The van der Waals surface area contributed by atoms with Crippen LogP contribution in [0.3, 0.4) is 0 Å². The van der Waals surface area contributed by atoms with Gasteiger partial charge in [0.1, 0.15) is 19.1 Å². The summed E-state index contributed by atoms with van der Waals surface area (Å²) in [6.45, 7) is 1.35. The fraction of sp³-hybridized carbons (Fsp3) is 0.450. The van der Waals surface area contributed by atoms with Gasteiger partial charge in [-0.25, -0.2) is 4.98 Å². The summed E-state index contributed by atoms with van der Waals surface area (Å²) in [5, 5.41) is 30.5. The number of nitro benzene ring substituents is 1. The van der Waals surface area contributed by atoms with Crippen LogP contribution < -0.4 is 11.3 Å². The molecule has 1 fully saturated rings. The highest BCUT2D eigenvalue weighted by Gasteiger charge is 2.35. The Morgan fingerprint density at radius 3 is 2.88 bits per heavy atom. The maximum atomic E-state index is 12.9. The lowest BCUT2D eigenvalue weighted by Gasteiger charge is -2.15. The number of nitro groups is 1. The van der Waals surface area contributed by atoms with Crippen molar-refractivity contribution >= 4 is 22.8 Å². The maximum Gasteiger partial charge on any atom is 0.285 e. The first kappa shape index (κ1) is 22.8. The molecule has 4 rings (SSSR count). The summed E-state index contributed by atoms with van der Waals surface area (Å²) >= 11 is 0. The van der Waals surface area contributed by atoms with Gasteiger partial charge in [-0.2, -0.15) is 4.98 Å². The van der Waals surface area contributed by atoms with Crippen molar-refractivity contribution in [2.45, 2.75) is 44.4 Å². The largest absolute Gasteiger partial charge is 0.394 e. The molecule has 0 spiro atoms. The maximum absolute atomic E-state index is 12.9. The fourth-order valence-electron chi connectivity index (χ4n) is 3.88. The van der Waals surface area contributed by atoms with Crippen LogP contribution in [0.1, 0.15) is 31.1 Å². The van der Waals surface area contributed by atoms with E-state index in [0.29, 0.717) is 5.56 Å². The Bertz CT molecular complexity index is 1230. The summed E-state index contributed by atoms with van der Waals surface area (Å²) in [5.41, 5.74) is 6.24. The summed E-state index contributed by atoms with van der Waals surface area (Å²) in [6, 6.07) is 6.40. The first-order valence-electron chi connectivity index (χ1n) is 10.3. The number of rotatable bonds is 8. The van der Waals surface area contributed by atoms with Crippen molar-refractivity contribution in [2.24, 2.45) is 0 Å². The molecule has 0 radical (unpaired) electrons. The SMILES string of the molecule is CC(COCn1c(N)nc2c(ncn2[C@H]2C[C@@H](O)[C@@H](CO)O2)c1=O)c1ccccc1[N+](=O)[O-]. The number of aromatic nitrogens is 4. The Morgan fingerprint density at radius 2 is 2.18 bits per heavy atom. The van der Waals surface area contributed by atoms with Gasteiger partial charge >= 0.3 is 0 Å². The van der Waals surface area contributed by atoms with E-state index in [9.17, 15) is 25.1 Å². The number of hydrogen-bond acceptors (Lipinski definition) is 10. The van der Waals surface area contributed by atoms with Crippen LogP contribution in [-0.4, -0.2) is 59.7 Å². The fourth-order valence-corrected chi connectivity index (χ4v) is 3.88. The molecule has 13 heteroatoms. The number of fused-ring (bicyclic) bond motifs is 1. The molecule has 2 aromatic heterocycles. The summed E-state index contributed by atoms with van der Waals surface area (Å²) in [4.78, 5) is 32.1. The van der Waals surface area contributed by atoms with Crippen LogP contribution in [0.2, 0.25) is 0 Å². The molecule has 0 saturated carbocycles. The lowest BCUT2D eigenvalue weighted by Crippen LogP contribution is -2.27. The van der Waals surface area contributed by atoms with Crippen LogP contribution in [-0.2, 0) is 16.2 Å². The van der Waals surface area contributed by atoms with Gasteiger partial charge in [0.05, 0.1) is 30.6 Å². The van der Waals surface area contributed by atoms with E-state index in [4.69, 9.17) is 15.2 Å². The number of ether oxygens (including phenoxy) is 2. The minimum absolute atomic E-state index is 0.00148. The van der Waals surface area contributed by atoms with Crippen LogP contribution in [0.25, 0.3) is 11.2 Å². The lowest BCUT2D eigenvalue weighted by atomic mass is 10.0. The molecular weight excluding hydrogens is 436 g/mol. The van der Waals surface area contributed by atoms with Gasteiger partial charge < -0.3 is 25.4 Å². The molecule has 13 nitrogen and oxygen atoms in total. The van der Waals surface area contributed by atoms with E-state index in [1.165, 1.54) is 17.0 Å². The first-order valence-corrected chi connectivity index (χ1v) is 10.3. The van der Waals surface area contributed by atoms with Crippen molar-refractivity contribution < 1.29 is 24.6 Å². The number of imidazole rings is 1. The molecular formula is C20H24N6O7. The zero-order chi connectivity index (χ0) is 23.7. The average molecular weight is 460 g/mol. The molecule has 1 saturated heterocycles. The van der Waals surface area contributed by atoms with Crippen LogP contribution in [0, 0.1) is 10.1 Å². The van der Waals surface area contributed by atoms with Gasteiger partial charge in [0.15, 0.2) is 11.2 Å². The molecule has 0 amide bonds. The number of hydrogen-bond donors (Lipinski definition) is 3. The number of aliphatic hydroxyl groups is 2. The van der Waals surface area contributed by atoms with Gasteiger partial charge in [-0.05, 0) is 0 Å². The second-order valence-corrected chi connectivity index (χ2v) is 7.86. The Kier molecular flexibility index (Phi) is 6.37. The zero-order valence-electron chi connectivity index (χ0n) is 17.8. The highest BCUT2D eigenvalue weighted by atomic mass is 16.6. The highest BCUT2D eigenvalue weighted by Crippen LogP contribution is 2.30. The molecule has 3 heterocycles. The molecule has 1 aliphatic rings. The molecule has 1 unspecified atom stereocenters. The van der Waals surface area contributed by atoms with E-state index in [1.54, 1.807) is 25.1 Å². The van der Waals surface area contributed by atoms with E-state index in [2.05, 4.69) is 9.97 Å². The Morgan fingerprint density at radius 1 is 1.42 bits per heavy atom. The average Bonchev–Trinajstić information content (AvgIpc) is 3.38. The van der Waals surface area contributed by atoms with Crippen molar-refractivity contribution in [1.29, 1.82) is 0 Å². The molecule has 3 aromatic rings. The molecule has 33 heavy (non-hydrogen) atoms. The van der Waals surface area contributed by atoms with Crippen LogP contribution in [0.15, 0.2) is 35.4 Å². The molecule has 4 N–H and O–H groups in total. The molecule has 4 atom stereocenters. The van der Waals surface area contributed by atoms with Crippen LogP contribution >= 0.6 is 0 Å². The lowest BCUT2D eigenvalue weighted by molar-refractivity contribution is -0.385. The van der Waals surface area contributed by atoms with Crippen molar-refractivity contribution in [2.75, 3.05) is 18.9 Å². The third-order valence-electron chi connectivity index (χ3n) is 5.66. The van der Waals surface area contributed by atoms with Crippen molar-refractivity contribution in [3.05, 3.63) is 56.6 Å². The molecule has 0 bridgehead atoms. The van der Waals surface area contributed by atoms with Gasteiger partial charge in [-0.3, -0.25) is 24.0 Å². The van der Waals surface area contributed by atoms with Crippen molar-refractivity contribution in [1.82, 2.24) is 19.1 Å². The summed E-state index contributed by atoms with van der Waals surface area (Å²) in [6.07, 6.45) is -0.666. The molecule has 1 aromatic carbocycles. The minimum Gasteiger partial charge on any atom is -0.394 e. The quantitative estimate of drug-likeness (QED) is 0.316. The van der Waals surface area contributed by atoms with Gasteiger partial charge in [-0.15, -0.1) is 0 Å². The van der Waals surface area contributed by atoms with E-state index >= 15 is 0 Å². The van der Waals surface area contributed by atoms with Crippen molar-refractivity contribution in [3.63, 3.8) is 0 Å². The van der Waals surface area contributed by atoms with E-state index < -0.39 is 28.9 Å². The first-order chi connectivity index (χ1) is 15.8. The molecule has 1 aliphatic heterocycles. The minimum atomic E-state index is -0.856. The number of nitrogen functional groups attached to an aromatic ring is 1. The van der Waals surface area contributed by atoms with E-state index in [1.807, 2.05) is 0 Å². The van der Waals surface area contributed by atoms with E-state index in [-0.39, 0.29) is 55.1 Å². The van der Waals surface area contributed by atoms with Crippen LogP contribution in [0.4, 0.5) is 11.6 Å². The molecule has 176 valence electrons.